The maximum absolute atomic E-state index is 8.77. The van der Waals surface area contributed by atoms with Crippen molar-refractivity contribution in [2.24, 2.45) is 5.10 Å². The lowest BCUT2D eigenvalue weighted by atomic mass is 10.2. The zero-order valence-corrected chi connectivity index (χ0v) is 12.6. The highest BCUT2D eigenvalue weighted by molar-refractivity contribution is 7.71. The summed E-state index contributed by atoms with van der Waals surface area (Å²) < 4.78 is 12.0. The number of methoxy groups -OCH3 is 1. The number of rotatable bonds is 7. The van der Waals surface area contributed by atoms with E-state index in [1.165, 1.54) is 11.8 Å². The molecule has 0 radical (unpaired) electrons. The van der Waals surface area contributed by atoms with Crippen molar-refractivity contribution in [3.63, 3.8) is 0 Å². The number of aromatic amines is 1. The number of nitrogen functional groups attached to an aromatic ring is 1. The number of hydrogen-bond acceptors (Lipinski definition) is 8. The number of aliphatic hydroxyl groups is 1. The third-order valence-electron chi connectivity index (χ3n) is 2.62. The summed E-state index contributed by atoms with van der Waals surface area (Å²) in [4.78, 5) is 0. The van der Waals surface area contributed by atoms with E-state index < -0.39 is 0 Å². The fourth-order valence-corrected chi connectivity index (χ4v) is 1.72. The number of hydrazone groups is 1. The van der Waals surface area contributed by atoms with Gasteiger partial charge in [0.2, 0.25) is 4.77 Å². The quantitative estimate of drug-likeness (QED) is 0.253. The molecule has 10 heteroatoms. The molecule has 0 fully saturated rings. The number of nitrogens with zero attached hydrogens (tertiary/aromatic N) is 3. The number of hydrogen-bond donors (Lipinski definition) is 4. The second-order valence-corrected chi connectivity index (χ2v) is 4.46. The van der Waals surface area contributed by atoms with Crippen molar-refractivity contribution >= 4 is 24.4 Å². The minimum atomic E-state index is -0.0656. The van der Waals surface area contributed by atoms with Gasteiger partial charge < -0.3 is 20.4 Å². The monoisotopic (exact) mass is 324 g/mol. The average molecular weight is 324 g/mol. The van der Waals surface area contributed by atoms with E-state index in [0.29, 0.717) is 11.5 Å². The van der Waals surface area contributed by atoms with Gasteiger partial charge in [-0.25, -0.2) is 10.5 Å². The van der Waals surface area contributed by atoms with Gasteiger partial charge in [0.25, 0.3) is 5.95 Å². The fourth-order valence-electron chi connectivity index (χ4n) is 1.59. The highest BCUT2D eigenvalue weighted by Gasteiger charge is 2.05. The van der Waals surface area contributed by atoms with E-state index in [-0.39, 0.29) is 23.9 Å². The number of anilines is 1. The molecule has 0 amide bonds. The SMILES string of the molecule is COc1cc(/C=N/Nc2n[nH]c(=S)n2N)ccc1OCCO. The van der Waals surface area contributed by atoms with Crippen molar-refractivity contribution < 1.29 is 14.6 Å². The van der Waals surface area contributed by atoms with Crippen LogP contribution in [0.15, 0.2) is 23.3 Å². The van der Waals surface area contributed by atoms with Gasteiger partial charge in [-0.15, -0.1) is 5.10 Å². The first-order valence-electron chi connectivity index (χ1n) is 6.29. The molecule has 1 aromatic carbocycles. The summed E-state index contributed by atoms with van der Waals surface area (Å²) in [5.74, 6) is 6.99. The molecular formula is C12H16N6O3S. The highest BCUT2D eigenvalue weighted by Crippen LogP contribution is 2.27. The van der Waals surface area contributed by atoms with E-state index in [1.54, 1.807) is 24.4 Å². The number of aromatic nitrogens is 3. The molecule has 0 aliphatic rings. The van der Waals surface area contributed by atoms with Gasteiger partial charge in [0.15, 0.2) is 11.5 Å². The van der Waals surface area contributed by atoms with Crippen molar-refractivity contribution in [2.75, 3.05) is 31.6 Å². The van der Waals surface area contributed by atoms with Crippen molar-refractivity contribution in [1.82, 2.24) is 14.9 Å². The Morgan fingerprint density at radius 2 is 2.36 bits per heavy atom. The summed E-state index contributed by atoms with van der Waals surface area (Å²) in [7, 11) is 1.53. The van der Waals surface area contributed by atoms with E-state index in [2.05, 4.69) is 20.7 Å². The summed E-state index contributed by atoms with van der Waals surface area (Å²) in [5.41, 5.74) is 3.44. The topological polar surface area (TPSA) is 123 Å². The number of benzene rings is 1. The van der Waals surface area contributed by atoms with Gasteiger partial charge in [0, 0.05) is 0 Å². The molecule has 0 saturated heterocycles. The standard InChI is InChI=1S/C12H16N6O3S/c1-20-10-6-8(2-3-9(10)21-5-4-19)7-14-15-11-16-17-12(22)18(11)13/h2-3,6-7,19H,4-5,13H2,1H3,(H,15,16)(H,17,22)/b14-7+. The summed E-state index contributed by atoms with van der Waals surface area (Å²) in [6.07, 6.45) is 1.57. The van der Waals surface area contributed by atoms with Crippen LogP contribution in [-0.2, 0) is 0 Å². The second kappa shape index (κ2) is 7.43. The van der Waals surface area contributed by atoms with Gasteiger partial charge in [-0.3, -0.25) is 0 Å². The Bertz CT molecular complexity index is 711. The Balaban J connectivity index is 2.07. The van der Waals surface area contributed by atoms with Gasteiger partial charge in [-0.2, -0.15) is 9.78 Å². The molecule has 22 heavy (non-hydrogen) atoms. The molecule has 0 aliphatic carbocycles. The van der Waals surface area contributed by atoms with E-state index in [1.807, 2.05) is 0 Å². The van der Waals surface area contributed by atoms with Crippen LogP contribution in [0.3, 0.4) is 0 Å². The second-order valence-electron chi connectivity index (χ2n) is 4.07. The zero-order valence-electron chi connectivity index (χ0n) is 11.8. The van der Waals surface area contributed by atoms with Crippen molar-refractivity contribution in [1.29, 1.82) is 0 Å². The highest BCUT2D eigenvalue weighted by atomic mass is 32.1. The Morgan fingerprint density at radius 3 is 3.00 bits per heavy atom. The smallest absolute Gasteiger partial charge is 0.262 e. The van der Waals surface area contributed by atoms with E-state index in [4.69, 9.17) is 32.6 Å². The summed E-state index contributed by atoms with van der Waals surface area (Å²) in [6, 6.07) is 5.27. The van der Waals surface area contributed by atoms with Crippen LogP contribution in [0, 0.1) is 4.77 Å². The largest absolute Gasteiger partial charge is 0.493 e. The third kappa shape index (κ3) is 3.74. The molecule has 2 aromatic rings. The number of aliphatic hydroxyl groups excluding tert-OH is 1. The minimum Gasteiger partial charge on any atom is -0.493 e. The van der Waals surface area contributed by atoms with Crippen LogP contribution < -0.4 is 20.7 Å². The molecule has 9 nitrogen and oxygen atoms in total. The lowest BCUT2D eigenvalue weighted by Gasteiger charge is -2.10. The first-order chi connectivity index (χ1) is 10.7. The molecule has 1 aromatic heterocycles. The van der Waals surface area contributed by atoms with Crippen LogP contribution in [0.4, 0.5) is 5.95 Å². The molecule has 0 spiro atoms. The molecule has 118 valence electrons. The number of ether oxygens (including phenoxy) is 2. The maximum Gasteiger partial charge on any atom is 0.262 e. The molecule has 0 unspecified atom stereocenters. The lowest BCUT2D eigenvalue weighted by molar-refractivity contribution is 0.196. The Morgan fingerprint density at radius 1 is 1.55 bits per heavy atom. The average Bonchev–Trinajstić information content (AvgIpc) is 2.85. The van der Waals surface area contributed by atoms with Gasteiger partial charge in [0.05, 0.1) is 19.9 Å². The predicted octanol–water partition coefficient (Wildman–Crippen LogP) is 0.480. The normalized spacial score (nSPS) is 10.8. The Labute approximate surface area is 131 Å². The Kier molecular flexibility index (Phi) is 5.33. The maximum atomic E-state index is 8.77. The first-order valence-corrected chi connectivity index (χ1v) is 6.69. The molecule has 5 N–H and O–H groups in total. The van der Waals surface area contributed by atoms with Crippen LogP contribution in [0.2, 0.25) is 0 Å². The lowest BCUT2D eigenvalue weighted by Crippen LogP contribution is -2.11. The van der Waals surface area contributed by atoms with Gasteiger partial charge in [-0.1, -0.05) is 0 Å². The van der Waals surface area contributed by atoms with Crippen LogP contribution >= 0.6 is 12.2 Å². The summed E-state index contributed by atoms with van der Waals surface area (Å²) in [5, 5.41) is 19.2. The summed E-state index contributed by atoms with van der Waals surface area (Å²) >= 11 is 4.88. The van der Waals surface area contributed by atoms with Crippen LogP contribution in [0.25, 0.3) is 0 Å². The fraction of sp³-hybridized carbons (Fsp3) is 0.250. The van der Waals surface area contributed by atoms with Crippen LogP contribution in [-0.4, -0.2) is 46.5 Å². The van der Waals surface area contributed by atoms with Crippen molar-refractivity contribution in [3.05, 3.63) is 28.5 Å². The van der Waals surface area contributed by atoms with Gasteiger partial charge in [-0.05, 0) is 36.0 Å². The number of nitrogens with one attached hydrogen (secondary N) is 2. The van der Waals surface area contributed by atoms with E-state index >= 15 is 0 Å². The predicted molar refractivity (Wildman–Crippen MR) is 84.4 cm³/mol. The van der Waals surface area contributed by atoms with Crippen molar-refractivity contribution in [2.45, 2.75) is 0 Å². The molecule has 0 saturated carbocycles. The molecular weight excluding hydrogens is 308 g/mol. The van der Waals surface area contributed by atoms with Crippen LogP contribution in [0.5, 0.6) is 11.5 Å². The van der Waals surface area contributed by atoms with Gasteiger partial charge in [0.1, 0.15) is 6.61 Å². The Hall–Kier alpha value is -2.59. The van der Waals surface area contributed by atoms with Gasteiger partial charge >= 0.3 is 0 Å². The molecule has 0 aliphatic heterocycles. The van der Waals surface area contributed by atoms with Crippen molar-refractivity contribution in [3.8, 4) is 11.5 Å². The molecule has 1 heterocycles. The number of H-pyrrole nitrogens is 1. The van der Waals surface area contributed by atoms with E-state index in [9.17, 15) is 0 Å². The molecule has 0 bridgehead atoms. The molecule has 0 atom stereocenters. The van der Waals surface area contributed by atoms with Crippen LogP contribution in [0.1, 0.15) is 5.56 Å². The molecule has 2 rings (SSSR count). The first kappa shape index (κ1) is 15.8. The third-order valence-corrected chi connectivity index (χ3v) is 2.91. The zero-order chi connectivity index (χ0) is 15.9. The van der Waals surface area contributed by atoms with E-state index in [0.717, 1.165) is 5.56 Å². The number of nitrogens with two attached hydrogens (primary N) is 1. The summed E-state index contributed by atoms with van der Waals surface area (Å²) in [6.45, 7) is 0.133. The minimum absolute atomic E-state index is 0.0656.